The summed E-state index contributed by atoms with van der Waals surface area (Å²) in [6.07, 6.45) is 1.14. The predicted molar refractivity (Wildman–Crippen MR) is 93.7 cm³/mol. The normalized spacial score (nSPS) is 11.5. The first-order chi connectivity index (χ1) is 11.4. The highest BCUT2D eigenvalue weighted by Crippen LogP contribution is 2.33. The number of nitrogens with zero attached hydrogens (tertiary/aromatic N) is 1. The van der Waals surface area contributed by atoms with Gasteiger partial charge in [-0.2, -0.15) is 0 Å². The molecule has 0 atom stereocenters. The maximum Gasteiger partial charge on any atom is 0.412 e. The average molecular weight is 327 g/mol. The fourth-order valence-electron chi connectivity index (χ4n) is 2.49. The summed E-state index contributed by atoms with van der Waals surface area (Å²) >= 11 is 0. The monoisotopic (exact) mass is 327 g/mol. The fraction of sp³-hybridized carbons (Fsp3) is 0.263. The van der Waals surface area contributed by atoms with E-state index in [1.54, 1.807) is 18.3 Å². The molecule has 0 bridgehead atoms. The van der Waals surface area contributed by atoms with Crippen LogP contribution in [0.25, 0.3) is 0 Å². The molecule has 2 aromatic carbocycles. The smallest absolute Gasteiger partial charge is 0.410 e. The third kappa shape index (κ3) is 4.13. The Hall–Kier alpha value is -2.82. The fourth-order valence-corrected chi connectivity index (χ4v) is 2.49. The number of hydrogen-bond donors (Lipinski definition) is 2. The van der Waals surface area contributed by atoms with Crippen molar-refractivity contribution in [3.05, 3.63) is 59.2 Å². The SMILES string of the molecule is CNC(=O)Oc1cc(C)c(/[N+](O)=C/c2ccccc2)c(C(C)C)c1. The molecule has 0 aromatic heterocycles. The van der Waals surface area contributed by atoms with Gasteiger partial charge in [-0.05, 0) is 37.1 Å². The van der Waals surface area contributed by atoms with Crippen molar-refractivity contribution in [1.82, 2.24) is 5.32 Å². The molecule has 2 aromatic rings. The summed E-state index contributed by atoms with van der Waals surface area (Å²) in [5.41, 5.74) is 3.29. The maximum atomic E-state index is 11.4. The lowest BCUT2D eigenvalue weighted by Crippen LogP contribution is -2.22. The minimum Gasteiger partial charge on any atom is -0.410 e. The minimum absolute atomic E-state index is 0.144. The maximum absolute atomic E-state index is 11.4. The van der Waals surface area contributed by atoms with E-state index in [1.807, 2.05) is 51.1 Å². The number of amides is 1. The van der Waals surface area contributed by atoms with Crippen LogP contribution in [-0.4, -0.2) is 29.3 Å². The van der Waals surface area contributed by atoms with Gasteiger partial charge in [0, 0.05) is 28.5 Å². The van der Waals surface area contributed by atoms with E-state index < -0.39 is 6.09 Å². The molecule has 0 aliphatic rings. The Labute approximate surface area is 142 Å². The van der Waals surface area contributed by atoms with Crippen LogP contribution in [0.1, 0.15) is 36.5 Å². The van der Waals surface area contributed by atoms with Gasteiger partial charge in [0.15, 0.2) is 0 Å². The van der Waals surface area contributed by atoms with E-state index in [1.165, 1.54) is 7.05 Å². The Kier molecular flexibility index (Phi) is 5.58. The first kappa shape index (κ1) is 17.5. The van der Waals surface area contributed by atoms with Crippen LogP contribution in [0.15, 0.2) is 42.5 Å². The van der Waals surface area contributed by atoms with E-state index >= 15 is 0 Å². The van der Waals surface area contributed by atoms with Crippen molar-refractivity contribution < 1.29 is 19.5 Å². The number of hydrogen-bond acceptors (Lipinski definition) is 3. The molecular formula is C19H23N2O3+. The van der Waals surface area contributed by atoms with Crippen molar-refractivity contribution in [2.45, 2.75) is 26.7 Å². The summed E-state index contributed by atoms with van der Waals surface area (Å²) in [6, 6.07) is 13.1. The number of carbonyl (C=O) groups excluding carboxylic acids is 1. The number of nitrogens with one attached hydrogen (secondary N) is 1. The molecule has 0 heterocycles. The molecule has 0 aliphatic carbocycles. The van der Waals surface area contributed by atoms with Gasteiger partial charge in [0.2, 0.25) is 6.21 Å². The topological polar surface area (TPSA) is 61.6 Å². The van der Waals surface area contributed by atoms with Gasteiger partial charge >= 0.3 is 6.09 Å². The Morgan fingerprint density at radius 2 is 1.92 bits per heavy atom. The Morgan fingerprint density at radius 3 is 2.50 bits per heavy atom. The Balaban J connectivity index is 2.49. The average Bonchev–Trinajstić information content (AvgIpc) is 2.54. The third-order valence-electron chi connectivity index (χ3n) is 3.64. The number of aryl methyl sites for hydroxylation is 1. The van der Waals surface area contributed by atoms with Gasteiger partial charge in [0.25, 0.3) is 5.69 Å². The zero-order valence-electron chi connectivity index (χ0n) is 14.4. The predicted octanol–water partition coefficient (Wildman–Crippen LogP) is 3.99. The molecule has 24 heavy (non-hydrogen) atoms. The van der Waals surface area contributed by atoms with Crippen molar-refractivity contribution in [2.75, 3.05) is 7.05 Å². The first-order valence-electron chi connectivity index (χ1n) is 7.84. The van der Waals surface area contributed by atoms with Gasteiger partial charge < -0.3 is 10.1 Å². The zero-order valence-corrected chi connectivity index (χ0v) is 14.4. The van der Waals surface area contributed by atoms with Crippen molar-refractivity contribution in [2.24, 2.45) is 0 Å². The summed E-state index contributed by atoms with van der Waals surface area (Å²) in [7, 11) is 1.51. The lowest BCUT2D eigenvalue weighted by molar-refractivity contribution is -0.709. The van der Waals surface area contributed by atoms with E-state index in [0.29, 0.717) is 11.4 Å². The molecule has 126 valence electrons. The molecule has 0 saturated heterocycles. The summed E-state index contributed by atoms with van der Waals surface area (Å²) in [5.74, 6) is 0.596. The van der Waals surface area contributed by atoms with Crippen LogP contribution in [0.5, 0.6) is 5.75 Å². The minimum atomic E-state index is -0.520. The molecule has 0 saturated carbocycles. The van der Waals surface area contributed by atoms with Gasteiger partial charge in [-0.25, -0.2) is 4.79 Å². The van der Waals surface area contributed by atoms with Gasteiger partial charge in [-0.1, -0.05) is 32.0 Å². The van der Waals surface area contributed by atoms with E-state index in [-0.39, 0.29) is 5.92 Å². The molecule has 0 unspecified atom stereocenters. The van der Waals surface area contributed by atoms with Gasteiger partial charge in [0.05, 0.1) is 0 Å². The van der Waals surface area contributed by atoms with Crippen LogP contribution in [0, 0.1) is 6.92 Å². The van der Waals surface area contributed by atoms with Crippen molar-refractivity contribution >= 4 is 18.0 Å². The zero-order chi connectivity index (χ0) is 17.7. The second-order valence-electron chi connectivity index (χ2n) is 5.86. The molecule has 0 radical (unpaired) electrons. The largest absolute Gasteiger partial charge is 0.412 e. The lowest BCUT2D eigenvalue weighted by Gasteiger charge is -2.12. The van der Waals surface area contributed by atoms with Gasteiger partial charge in [-0.15, -0.1) is 0 Å². The van der Waals surface area contributed by atoms with Gasteiger partial charge in [-0.3, -0.25) is 5.21 Å². The van der Waals surface area contributed by atoms with Crippen LogP contribution >= 0.6 is 0 Å². The Morgan fingerprint density at radius 1 is 1.25 bits per heavy atom. The second-order valence-corrected chi connectivity index (χ2v) is 5.86. The van der Waals surface area contributed by atoms with Crippen LogP contribution < -0.4 is 10.1 Å². The van der Waals surface area contributed by atoms with Gasteiger partial charge in [0.1, 0.15) is 5.75 Å². The molecule has 2 rings (SSSR count). The highest BCUT2D eigenvalue weighted by atomic mass is 16.6. The molecule has 1 amide bonds. The highest BCUT2D eigenvalue weighted by molar-refractivity contribution is 5.76. The second kappa shape index (κ2) is 7.64. The van der Waals surface area contributed by atoms with Crippen LogP contribution in [-0.2, 0) is 0 Å². The first-order valence-corrected chi connectivity index (χ1v) is 7.84. The quantitative estimate of drug-likeness (QED) is 0.386. The van der Waals surface area contributed by atoms with E-state index in [4.69, 9.17) is 4.74 Å². The number of benzene rings is 2. The Bertz CT molecular complexity index is 753. The lowest BCUT2D eigenvalue weighted by atomic mass is 9.97. The highest BCUT2D eigenvalue weighted by Gasteiger charge is 2.23. The van der Waals surface area contributed by atoms with Crippen molar-refractivity contribution in [3.63, 3.8) is 0 Å². The summed E-state index contributed by atoms with van der Waals surface area (Å²) < 4.78 is 6.36. The van der Waals surface area contributed by atoms with E-state index in [2.05, 4.69) is 5.32 Å². The standard InChI is InChI=1S/C19H22N2O3/c1-13(2)17-11-16(24-19(22)20-4)10-14(3)18(17)21(23)12-15-8-6-5-7-9-15/h5-13H,1-4H3,(H-,20,22,23)/p+1/b21-12-. The number of rotatable bonds is 4. The number of ether oxygens (including phenoxy) is 1. The molecule has 5 heteroatoms. The third-order valence-corrected chi connectivity index (χ3v) is 3.64. The van der Waals surface area contributed by atoms with Crippen molar-refractivity contribution in [1.29, 1.82) is 0 Å². The summed E-state index contributed by atoms with van der Waals surface area (Å²) in [6.45, 7) is 5.93. The van der Waals surface area contributed by atoms with E-state index in [9.17, 15) is 10.0 Å². The molecule has 0 aliphatic heterocycles. The van der Waals surface area contributed by atoms with Crippen LogP contribution in [0.4, 0.5) is 10.5 Å². The summed E-state index contributed by atoms with van der Waals surface area (Å²) in [4.78, 5) is 11.4. The van der Waals surface area contributed by atoms with E-state index in [0.717, 1.165) is 21.4 Å². The molecular weight excluding hydrogens is 304 g/mol. The molecule has 5 nitrogen and oxygen atoms in total. The summed E-state index contributed by atoms with van der Waals surface area (Å²) in [5, 5.41) is 13.0. The van der Waals surface area contributed by atoms with Crippen LogP contribution in [0.3, 0.4) is 0 Å². The molecule has 0 spiro atoms. The number of carbonyl (C=O) groups is 1. The van der Waals surface area contributed by atoms with Crippen molar-refractivity contribution in [3.8, 4) is 5.75 Å². The molecule has 2 N–H and O–H groups in total. The van der Waals surface area contributed by atoms with Crippen LogP contribution in [0.2, 0.25) is 0 Å². The molecule has 0 fully saturated rings.